The van der Waals surface area contributed by atoms with Crippen LogP contribution in [-0.2, 0) is 18.3 Å². The van der Waals surface area contributed by atoms with E-state index in [-0.39, 0.29) is 18.0 Å². The van der Waals surface area contributed by atoms with Gasteiger partial charge in [-0.05, 0) is 57.7 Å². The van der Waals surface area contributed by atoms with E-state index in [9.17, 15) is 18.4 Å². The zero-order valence-electron chi connectivity index (χ0n) is 24.2. The minimum Gasteiger partial charge on any atom is -0.474 e. The Kier molecular flexibility index (Phi) is 7.45. The molecule has 2 aliphatic heterocycles. The average molecular weight is 607 g/mol. The molecule has 14 heteroatoms. The molecular formula is C30H33F3N10O. The number of likely N-dealkylation sites (tertiary alicyclic amines) is 2. The van der Waals surface area contributed by atoms with Gasteiger partial charge in [0.1, 0.15) is 18.1 Å². The van der Waals surface area contributed by atoms with Gasteiger partial charge in [0.25, 0.3) is 0 Å². The fourth-order valence-electron chi connectivity index (χ4n) is 6.88. The molecule has 0 aromatic carbocycles. The number of nitrogens with one attached hydrogen (secondary N) is 1. The van der Waals surface area contributed by atoms with Gasteiger partial charge in [-0.15, -0.1) is 0 Å². The Balaban J connectivity index is 0.984. The van der Waals surface area contributed by atoms with E-state index < -0.39 is 17.5 Å². The second kappa shape index (κ2) is 11.4. The van der Waals surface area contributed by atoms with Gasteiger partial charge in [0, 0.05) is 55.1 Å². The van der Waals surface area contributed by atoms with Crippen molar-refractivity contribution in [3.63, 3.8) is 0 Å². The number of ether oxygens (including phenoxy) is 1. The van der Waals surface area contributed by atoms with E-state index >= 15 is 0 Å². The van der Waals surface area contributed by atoms with Crippen LogP contribution in [0, 0.1) is 11.3 Å². The first-order chi connectivity index (χ1) is 21.3. The van der Waals surface area contributed by atoms with Crippen molar-refractivity contribution in [1.82, 2.24) is 44.5 Å². The van der Waals surface area contributed by atoms with E-state index in [1.165, 1.54) is 6.33 Å². The Hall–Kier alpha value is -4.09. The van der Waals surface area contributed by atoms with Crippen molar-refractivity contribution in [1.29, 1.82) is 5.26 Å². The minimum absolute atomic E-state index is 0.00765. The number of piperidine rings is 1. The summed E-state index contributed by atoms with van der Waals surface area (Å²) in [5.74, 6) is -1.16. The van der Waals surface area contributed by atoms with Crippen molar-refractivity contribution in [2.45, 2.75) is 75.4 Å². The molecular weight excluding hydrogens is 573 g/mol. The average Bonchev–Trinajstić information content (AvgIpc) is 3.77. The molecule has 1 N–H and O–H groups in total. The van der Waals surface area contributed by atoms with E-state index in [0.717, 1.165) is 74.2 Å². The predicted octanol–water partition coefficient (Wildman–Crippen LogP) is 4.54. The zero-order chi connectivity index (χ0) is 30.3. The lowest BCUT2D eigenvalue weighted by atomic mass is 9.69. The molecule has 0 unspecified atom stereocenters. The Bertz CT molecular complexity index is 1660. The van der Waals surface area contributed by atoms with Crippen LogP contribution in [0.15, 0.2) is 37.1 Å². The quantitative estimate of drug-likeness (QED) is 0.308. The fraction of sp³-hybridized carbons (Fsp3) is 0.533. The van der Waals surface area contributed by atoms with Crippen LogP contribution in [0.25, 0.3) is 22.3 Å². The molecule has 1 aliphatic carbocycles. The maximum absolute atomic E-state index is 13.6. The maximum Gasteiger partial charge on any atom is 0.451 e. The summed E-state index contributed by atoms with van der Waals surface area (Å²) in [5, 5.41) is 15.3. The Morgan fingerprint density at radius 1 is 1.09 bits per heavy atom. The van der Waals surface area contributed by atoms with Gasteiger partial charge in [-0.2, -0.15) is 28.5 Å². The second-order valence-corrected chi connectivity index (χ2v) is 12.1. The number of nitrogens with zero attached hydrogens (tertiary/aromatic N) is 9. The monoisotopic (exact) mass is 606 g/mol. The molecule has 0 bridgehead atoms. The van der Waals surface area contributed by atoms with Gasteiger partial charge in [0.05, 0.1) is 35.6 Å². The molecule has 0 atom stereocenters. The Morgan fingerprint density at radius 2 is 1.89 bits per heavy atom. The molecule has 0 amide bonds. The molecule has 0 spiro atoms. The molecule has 11 nitrogen and oxygen atoms in total. The number of H-pyrrole nitrogens is 1. The molecule has 230 valence electrons. The van der Waals surface area contributed by atoms with Crippen LogP contribution in [0.5, 0.6) is 5.88 Å². The second-order valence-electron chi connectivity index (χ2n) is 12.1. The lowest BCUT2D eigenvalue weighted by Gasteiger charge is -2.52. The van der Waals surface area contributed by atoms with Gasteiger partial charge in [-0.25, -0.2) is 15.0 Å². The third-order valence-corrected chi connectivity index (χ3v) is 9.21. The van der Waals surface area contributed by atoms with Crippen LogP contribution >= 0.6 is 0 Å². The Morgan fingerprint density at radius 3 is 2.64 bits per heavy atom. The fourth-order valence-corrected chi connectivity index (χ4v) is 6.88. The van der Waals surface area contributed by atoms with Gasteiger partial charge in [0.2, 0.25) is 11.7 Å². The summed E-state index contributed by atoms with van der Waals surface area (Å²) in [6.45, 7) is 3.59. The summed E-state index contributed by atoms with van der Waals surface area (Å²) >= 11 is 0. The summed E-state index contributed by atoms with van der Waals surface area (Å²) in [7, 11) is 0. The molecule has 0 radical (unpaired) electrons. The highest BCUT2D eigenvalue weighted by molar-refractivity contribution is 5.90. The number of hydrogen-bond donors (Lipinski definition) is 1. The lowest BCUT2D eigenvalue weighted by molar-refractivity contribution is -0.145. The highest BCUT2D eigenvalue weighted by Gasteiger charge is 2.49. The number of fused-ring (bicyclic) bond motifs is 1. The first-order valence-corrected chi connectivity index (χ1v) is 15.1. The molecule has 3 aliphatic rings. The van der Waals surface area contributed by atoms with Gasteiger partial charge in [-0.3, -0.25) is 14.5 Å². The normalized spacial score (nSPS) is 23.5. The van der Waals surface area contributed by atoms with Crippen molar-refractivity contribution < 1.29 is 17.9 Å². The highest BCUT2D eigenvalue weighted by Crippen LogP contribution is 2.45. The zero-order valence-corrected chi connectivity index (χ0v) is 24.2. The van der Waals surface area contributed by atoms with Crippen LogP contribution in [0.3, 0.4) is 0 Å². The number of aromatic nitrogens is 7. The highest BCUT2D eigenvalue weighted by atomic mass is 19.4. The van der Waals surface area contributed by atoms with Crippen molar-refractivity contribution >= 4 is 11.0 Å². The van der Waals surface area contributed by atoms with Crippen molar-refractivity contribution in [2.75, 3.05) is 26.2 Å². The van der Waals surface area contributed by atoms with E-state index in [2.05, 4.69) is 45.9 Å². The Labute approximate surface area is 252 Å². The van der Waals surface area contributed by atoms with E-state index in [1.807, 2.05) is 23.1 Å². The molecule has 7 rings (SSSR count). The molecule has 1 saturated carbocycles. The van der Waals surface area contributed by atoms with Crippen molar-refractivity contribution in [2.24, 2.45) is 0 Å². The smallest absolute Gasteiger partial charge is 0.451 e. The van der Waals surface area contributed by atoms with Gasteiger partial charge in [0.15, 0.2) is 0 Å². The van der Waals surface area contributed by atoms with E-state index in [0.29, 0.717) is 31.5 Å². The SMILES string of the molecule is N#CC[C@]1(n2cc(-c3ncnc4[nH]ccc34)cn2)C[C@H](N2CCC(Oc3cc(CN4CCCC4)nc(C(F)(F)F)n3)CC2)C1. The van der Waals surface area contributed by atoms with Crippen molar-refractivity contribution in [3.8, 4) is 23.2 Å². The van der Waals surface area contributed by atoms with E-state index in [1.54, 1.807) is 12.3 Å². The summed E-state index contributed by atoms with van der Waals surface area (Å²) in [6, 6.07) is 6.14. The van der Waals surface area contributed by atoms with E-state index in [4.69, 9.17) is 4.74 Å². The number of aromatic amines is 1. The minimum atomic E-state index is -4.64. The summed E-state index contributed by atoms with van der Waals surface area (Å²) in [6.07, 6.45) is 7.63. The van der Waals surface area contributed by atoms with Gasteiger partial charge < -0.3 is 9.72 Å². The van der Waals surface area contributed by atoms with Crippen LogP contribution in [-0.4, -0.2) is 82.8 Å². The molecule has 6 heterocycles. The molecule has 3 fully saturated rings. The largest absolute Gasteiger partial charge is 0.474 e. The first kappa shape index (κ1) is 28.7. The maximum atomic E-state index is 13.6. The number of rotatable bonds is 8. The van der Waals surface area contributed by atoms with Gasteiger partial charge in [-0.1, -0.05) is 0 Å². The molecule has 4 aromatic rings. The molecule has 2 saturated heterocycles. The predicted molar refractivity (Wildman–Crippen MR) is 153 cm³/mol. The summed E-state index contributed by atoms with van der Waals surface area (Å²) < 4.78 is 48.7. The molecule has 4 aromatic heterocycles. The number of halogens is 3. The topological polar surface area (TPSA) is 125 Å². The van der Waals surface area contributed by atoms with Gasteiger partial charge >= 0.3 is 6.18 Å². The summed E-state index contributed by atoms with van der Waals surface area (Å²) in [5.41, 5.74) is 2.37. The number of nitriles is 1. The van der Waals surface area contributed by atoms with Crippen LogP contribution in [0.2, 0.25) is 0 Å². The van der Waals surface area contributed by atoms with Crippen molar-refractivity contribution in [3.05, 3.63) is 48.6 Å². The number of hydrogen-bond acceptors (Lipinski definition) is 9. The van der Waals surface area contributed by atoms with Crippen LogP contribution in [0.1, 0.15) is 56.5 Å². The third-order valence-electron chi connectivity index (χ3n) is 9.21. The van der Waals surface area contributed by atoms with Crippen LogP contribution in [0.4, 0.5) is 13.2 Å². The standard InChI is InChI=1S/C30H33F3N10O/c31-30(32,33)28-39-21(18-41-9-1-2-10-41)13-25(40-28)44-23-4-11-42(12-5-23)22-14-29(15-22,6-7-34)43-17-20(16-38-43)26-24-3-8-35-27(24)37-19-36-26/h3,8,13,16-17,19,22-23H,1-2,4-6,9-12,14-15,18H2,(H,35,36,37)/t22-,29-. The summed E-state index contributed by atoms with van der Waals surface area (Å²) in [4.78, 5) is 23.9. The van der Waals surface area contributed by atoms with Crippen LogP contribution < -0.4 is 4.74 Å². The first-order valence-electron chi connectivity index (χ1n) is 15.1. The third kappa shape index (κ3) is 5.61. The lowest BCUT2D eigenvalue weighted by Crippen LogP contribution is -2.58. The molecule has 44 heavy (non-hydrogen) atoms. The number of alkyl halides is 3.